The monoisotopic (exact) mass is 434 g/mol. The van der Waals surface area contributed by atoms with E-state index in [4.69, 9.17) is 0 Å². The summed E-state index contributed by atoms with van der Waals surface area (Å²) in [6, 6.07) is 34.0. The highest BCUT2D eigenvalue weighted by Gasteiger charge is 2.58. The predicted molar refractivity (Wildman–Crippen MR) is 114 cm³/mol. The maximum Gasteiger partial charge on any atom is 0.115 e. The molecule has 0 aromatic heterocycles. The molecule has 0 amide bonds. The number of hydrogen-bond donors (Lipinski definition) is 0. The lowest BCUT2D eigenvalue weighted by Crippen LogP contribution is -3.00. The van der Waals surface area contributed by atoms with E-state index in [2.05, 4.69) is 103 Å². The molecule has 0 heterocycles. The first-order valence-corrected chi connectivity index (χ1v) is 11.5. The van der Waals surface area contributed by atoms with Gasteiger partial charge in [0.25, 0.3) is 0 Å². The quantitative estimate of drug-likeness (QED) is 0.434. The van der Waals surface area contributed by atoms with Gasteiger partial charge >= 0.3 is 0 Å². The van der Waals surface area contributed by atoms with Crippen LogP contribution < -0.4 is 32.9 Å². The van der Waals surface area contributed by atoms with Gasteiger partial charge in [-0.15, -0.1) is 0 Å². The van der Waals surface area contributed by atoms with Gasteiger partial charge in [0.05, 0.1) is 5.66 Å². The van der Waals surface area contributed by atoms with Crippen LogP contribution in [0, 0.1) is 11.8 Å². The van der Waals surface area contributed by atoms with Crippen molar-refractivity contribution in [3.8, 4) is 0 Å². The molecule has 27 heavy (non-hydrogen) atoms. The van der Waals surface area contributed by atoms with E-state index in [9.17, 15) is 0 Å². The fourth-order valence-corrected chi connectivity index (χ4v) is 10.6. The molecule has 0 aliphatic heterocycles. The van der Waals surface area contributed by atoms with Gasteiger partial charge in [-0.3, -0.25) is 0 Å². The van der Waals surface area contributed by atoms with Crippen molar-refractivity contribution in [1.29, 1.82) is 0 Å². The Morgan fingerprint density at radius 3 is 1.33 bits per heavy atom. The number of rotatable bonds is 4. The molecule has 0 spiro atoms. The Kier molecular flexibility index (Phi) is 5.35. The van der Waals surface area contributed by atoms with Crippen LogP contribution in [0.15, 0.2) is 103 Å². The second-order valence-electron chi connectivity index (χ2n) is 7.58. The third-order valence-corrected chi connectivity index (χ3v) is 11.2. The van der Waals surface area contributed by atoms with Crippen LogP contribution in [0.5, 0.6) is 0 Å². The molecule has 2 aliphatic carbocycles. The van der Waals surface area contributed by atoms with Gasteiger partial charge in [0.15, 0.2) is 0 Å². The zero-order chi connectivity index (χ0) is 17.4. The van der Waals surface area contributed by atoms with Crippen LogP contribution in [0.4, 0.5) is 0 Å². The molecule has 3 aromatic carbocycles. The van der Waals surface area contributed by atoms with Crippen molar-refractivity contribution in [3.63, 3.8) is 0 Å². The van der Waals surface area contributed by atoms with Crippen molar-refractivity contribution >= 4 is 23.2 Å². The Labute approximate surface area is 173 Å². The summed E-state index contributed by atoms with van der Waals surface area (Å²) in [6.07, 6.45) is 7.66. The van der Waals surface area contributed by atoms with Gasteiger partial charge in [-0.25, -0.2) is 0 Å². The molecule has 2 bridgehead atoms. The Hall–Kier alpha value is -1.69. The molecular weight excluding hydrogens is 411 g/mol. The molecule has 0 radical (unpaired) electrons. The van der Waals surface area contributed by atoms with E-state index in [1.807, 2.05) is 0 Å². The van der Waals surface area contributed by atoms with Gasteiger partial charge in [0, 0.05) is 5.92 Å². The Morgan fingerprint density at radius 2 is 1.00 bits per heavy atom. The first-order chi connectivity index (χ1) is 12.9. The second-order valence-corrected chi connectivity index (χ2v) is 11.2. The molecule has 5 rings (SSSR count). The Balaban J connectivity index is 0.00000180. The summed E-state index contributed by atoms with van der Waals surface area (Å²) < 4.78 is 0. The minimum absolute atomic E-state index is 0. The van der Waals surface area contributed by atoms with Gasteiger partial charge in [0.2, 0.25) is 0 Å². The molecule has 1 fully saturated rings. The topological polar surface area (TPSA) is 0 Å². The van der Waals surface area contributed by atoms with Crippen LogP contribution >= 0.6 is 7.26 Å². The van der Waals surface area contributed by atoms with Gasteiger partial charge in [-0.1, -0.05) is 66.7 Å². The van der Waals surface area contributed by atoms with Crippen LogP contribution in [-0.2, 0) is 0 Å². The van der Waals surface area contributed by atoms with Crippen LogP contribution in [0.25, 0.3) is 0 Å². The molecule has 0 nitrogen and oxygen atoms in total. The molecule has 136 valence electrons. The molecule has 1 saturated carbocycles. The lowest BCUT2D eigenvalue weighted by atomic mass is 10.1. The molecular formula is C25H24BrP. The fourth-order valence-electron chi connectivity index (χ4n) is 5.21. The molecule has 0 saturated heterocycles. The first kappa shape index (κ1) is 18.7. The van der Waals surface area contributed by atoms with Crippen molar-refractivity contribution < 1.29 is 17.0 Å². The summed E-state index contributed by atoms with van der Waals surface area (Å²) >= 11 is 0. The lowest BCUT2D eigenvalue weighted by Gasteiger charge is -2.36. The van der Waals surface area contributed by atoms with Crippen LogP contribution in [0.3, 0.4) is 0 Å². The summed E-state index contributed by atoms with van der Waals surface area (Å²) in [6.45, 7) is 0. The summed E-state index contributed by atoms with van der Waals surface area (Å²) in [5.41, 5.74) is 0.713. The number of fused-ring (bicyclic) bond motifs is 2. The van der Waals surface area contributed by atoms with Gasteiger partial charge in [-0.2, -0.15) is 0 Å². The average molecular weight is 435 g/mol. The van der Waals surface area contributed by atoms with Crippen molar-refractivity contribution in [2.75, 3.05) is 0 Å². The fraction of sp³-hybridized carbons (Fsp3) is 0.200. The van der Waals surface area contributed by atoms with Crippen molar-refractivity contribution in [2.45, 2.75) is 18.5 Å². The minimum Gasteiger partial charge on any atom is -1.00 e. The molecule has 2 heteroatoms. The number of allylic oxidation sites excluding steroid dienone is 2. The predicted octanol–water partition coefficient (Wildman–Crippen LogP) is 1.95. The maximum atomic E-state index is 2.52. The molecule has 3 atom stereocenters. The van der Waals surface area contributed by atoms with E-state index in [0.29, 0.717) is 11.6 Å². The minimum atomic E-state index is -1.69. The highest BCUT2D eigenvalue weighted by molar-refractivity contribution is 7.96. The smallest absolute Gasteiger partial charge is 0.115 e. The summed E-state index contributed by atoms with van der Waals surface area (Å²) in [5, 5.41) is 4.59. The van der Waals surface area contributed by atoms with Crippen LogP contribution in [0.2, 0.25) is 0 Å². The number of halogens is 1. The Morgan fingerprint density at radius 1 is 0.556 bits per heavy atom. The average Bonchev–Trinajstić information content (AvgIpc) is 3.35. The van der Waals surface area contributed by atoms with Crippen molar-refractivity contribution in [3.05, 3.63) is 103 Å². The lowest BCUT2D eigenvalue weighted by molar-refractivity contribution is -0.00000498. The molecule has 3 aromatic rings. The van der Waals surface area contributed by atoms with Gasteiger partial charge in [0.1, 0.15) is 23.2 Å². The van der Waals surface area contributed by atoms with E-state index in [1.54, 1.807) is 0 Å². The van der Waals surface area contributed by atoms with Crippen LogP contribution in [0.1, 0.15) is 12.8 Å². The largest absolute Gasteiger partial charge is 1.00 e. The second kappa shape index (κ2) is 7.74. The number of hydrogen-bond acceptors (Lipinski definition) is 0. The van der Waals surface area contributed by atoms with E-state index >= 15 is 0 Å². The van der Waals surface area contributed by atoms with Gasteiger partial charge in [-0.05, 0) is 55.2 Å². The van der Waals surface area contributed by atoms with Crippen molar-refractivity contribution in [1.82, 2.24) is 0 Å². The van der Waals surface area contributed by atoms with Gasteiger partial charge < -0.3 is 17.0 Å². The highest BCUT2D eigenvalue weighted by atomic mass is 79.9. The van der Waals surface area contributed by atoms with Crippen LogP contribution in [-0.4, -0.2) is 5.66 Å². The standard InChI is InChI=1S/C25H24P.BrH/c1-4-10-22(11-5-1)26(23-12-6-2-7-13-23,24-14-8-3-9-15-24)25-19-20-16-17-21(25)18-20;/h1-17,20-21,25H,18-19H2;1H/q+1;/p-1/t20-,21+,25+;/m0./s1. The van der Waals surface area contributed by atoms with Crippen molar-refractivity contribution in [2.24, 2.45) is 11.8 Å². The first-order valence-electron chi connectivity index (χ1n) is 9.63. The zero-order valence-electron chi connectivity index (χ0n) is 15.3. The zero-order valence-corrected chi connectivity index (χ0v) is 17.8. The normalized spacial score (nSPS) is 23.2. The molecule has 0 N–H and O–H groups in total. The third kappa shape index (κ3) is 3.02. The molecule has 0 unspecified atom stereocenters. The highest BCUT2D eigenvalue weighted by Crippen LogP contribution is 2.67. The Bertz CT molecular complexity index is 808. The maximum absolute atomic E-state index is 2.52. The van der Waals surface area contributed by atoms with E-state index in [0.717, 1.165) is 5.92 Å². The molecule has 2 aliphatic rings. The summed E-state index contributed by atoms with van der Waals surface area (Å²) in [5.74, 6) is 1.49. The third-order valence-electron chi connectivity index (χ3n) is 6.23. The van der Waals surface area contributed by atoms with E-state index < -0.39 is 7.26 Å². The van der Waals surface area contributed by atoms with E-state index in [1.165, 1.54) is 28.8 Å². The SMILES string of the molecule is C1=C[C@@H]2C[C@H]1C[C@H]2[P+](c1ccccc1)(c1ccccc1)c1ccccc1.[Br-]. The summed E-state index contributed by atoms with van der Waals surface area (Å²) in [4.78, 5) is 0. The number of benzene rings is 3. The summed E-state index contributed by atoms with van der Waals surface area (Å²) in [7, 11) is -1.69. The van der Waals surface area contributed by atoms with E-state index in [-0.39, 0.29) is 17.0 Å².